The van der Waals surface area contributed by atoms with Crippen molar-refractivity contribution >= 4 is 16.2 Å². The number of carbonyl (C=O) groups is 1. The fraction of sp³-hybridized carbons (Fsp3) is 0.923. The number of hydrogen-bond donors (Lipinski definition) is 1. The van der Waals surface area contributed by atoms with E-state index in [1.54, 1.807) is 0 Å². The van der Waals surface area contributed by atoms with Gasteiger partial charge in [-0.2, -0.15) is 8.42 Å². The molecule has 6 nitrogen and oxygen atoms in total. The van der Waals surface area contributed by atoms with Crippen LogP contribution >= 0.6 is 0 Å². The first-order valence-electron chi connectivity index (χ1n) is 6.84. The summed E-state index contributed by atoms with van der Waals surface area (Å²) in [4.78, 5) is 11.7. The SMILES string of the molecule is C[C@@H]1C[C@H](NC(=O)OC(C)(C)C)CCC1OS(C)(=O)=O. The summed E-state index contributed by atoms with van der Waals surface area (Å²) in [5.41, 5.74) is -0.522. The van der Waals surface area contributed by atoms with Gasteiger partial charge in [-0.15, -0.1) is 0 Å². The molecule has 1 saturated carbocycles. The maximum atomic E-state index is 11.7. The molecule has 1 rings (SSSR count). The van der Waals surface area contributed by atoms with E-state index in [1.165, 1.54) is 0 Å². The van der Waals surface area contributed by atoms with E-state index in [-0.39, 0.29) is 18.1 Å². The van der Waals surface area contributed by atoms with E-state index in [0.717, 1.165) is 6.26 Å². The topological polar surface area (TPSA) is 81.7 Å². The Morgan fingerprint density at radius 1 is 1.25 bits per heavy atom. The minimum Gasteiger partial charge on any atom is -0.444 e. The number of amides is 1. The monoisotopic (exact) mass is 307 g/mol. The molecule has 0 bridgehead atoms. The molecule has 1 amide bonds. The fourth-order valence-corrected chi connectivity index (χ4v) is 3.08. The number of nitrogens with one attached hydrogen (secondary N) is 1. The van der Waals surface area contributed by atoms with Gasteiger partial charge >= 0.3 is 6.09 Å². The quantitative estimate of drug-likeness (QED) is 0.807. The first-order valence-corrected chi connectivity index (χ1v) is 8.66. The standard InChI is InChI=1S/C13H25NO5S/c1-9-8-10(14-12(15)18-13(2,3)4)6-7-11(9)19-20(5,16)17/h9-11H,6-8H2,1-5H3,(H,14,15)/t9-,10-,11?/m1/s1. The zero-order chi connectivity index (χ0) is 15.6. The predicted octanol–water partition coefficient (Wildman–Crippen LogP) is 2.04. The van der Waals surface area contributed by atoms with Gasteiger partial charge in [0.05, 0.1) is 12.4 Å². The van der Waals surface area contributed by atoms with Crippen molar-refractivity contribution in [1.29, 1.82) is 0 Å². The number of carbonyl (C=O) groups excluding carboxylic acids is 1. The zero-order valence-corrected chi connectivity index (χ0v) is 13.6. The molecule has 1 fully saturated rings. The molecule has 0 aromatic heterocycles. The highest BCUT2D eigenvalue weighted by atomic mass is 32.2. The van der Waals surface area contributed by atoms with Gasteiger partial charge in [0.2, 0.25) is 0 Å². The van der Waals surface area contributed by atoms with E-state index in [1.807, 2.05) is 27.7 Å². The minimum atomic E-state index is -3.43. The molecule has 7 heteroatoms. The van der Waals surface area contributed by atoms with Crippen molar-refractivity contribution in [2.45, 2.75) is 64.7 Å². The molecule has 0 saturated heterocycles. The van der Waals surface area contributed by atoms with Gasteiger partial charge < -0.3 is 10.1 Å². The second kappa shape index (κ2) is 6.30. The Bertz CT molecular complexity index is 440. The van der Waals surface area contributed by atoms with Crippen LogP contribution in [0.3, 0.4) is 0 Å². The molecule has 0 aliphatic heterocycles. The Kier molecular flexibility index (Phi) is 5.43. The highest BCUT2D eigenvalue weighted by Crippen LogP contribution is 2.28. The van der Waals surface area contributed by atoms with Gasteiger partial charge in [-0.1, -0.05) is 6.92 Å². The van der Waals surface area contributed by atoms with Crippen LogP contribution in [0.1, 0.15) is 47.0 Å². The third-order valence-corrected chi connectivity index (χ3v) is 3.71. The highest BCUT2D eigenvalue weighted by molar-refractivity contribution is 7.86. The Balaban J connectivity index is 2.46. The van der Waals surface area contributed by atoms with Crippen molar-refractivity contribution in [2.24, 2.45) is 5.92 Å². The van der Waals surface area contributed by atoms with Gasteiger partial charge in [-0.3, -0.25) is 4.18 Å². The summed E-state index contributed by atoms with van der Waals surface area (Å²) >= 11 is 0. The minimum absolute atomic E-state index is 0.000685. The van der Waals surface area contributed by atoms with Crippen LogP contribution in [-0.4, -0.2) is 38.5 Å². The Morgan fingerprint density at radius 2 is 1.85 bits per heavy atom. The number of ether oxygens (including phenoxy) is 1. The second-order valence-corrected chi connectivity index (χ2v) is 8.07. The van der Waals surface area contributed by atoms with Crippen LogP contribution < -0.4 is 5.32 Å². The summed E-state index contributed by atoms with van der Waals surface area (Å²) in [6.07, 6.45) is 2.29. The maximum absolute atomic E-state index is 11.7. The van der Waals surface area contributed by atoms with Crippen molar-refractivity contribution < 1.29 is 22.1 Å². The van der Waals surface area contributed by atoms with Crippen molar-refractivity contribution in [3.8, 4) is 0 Å². The highest BCUT2D eigenvalue weighted by Gasteiger charge is 2.32. The molecule has 3 atom stereocenters. The average Bonchev–Trinajstić information content (AvgIpc) is 2.17. The molecule has 20 heavy (non-hydrogen) atoms. The van der Waals surface area contributed by atoms with E-state index in [0.29, 0.717) is 19.3 Å². The molecule has 0 radical (unpaired) electrons. The summed E-state index contributed by atoms with van der Waals surface area (Å²) in [5.74, 6) is 0.0680. The first-order chi connectivity index (χ1) is 8.96. The van der Waals surface area contributed by atoms with Gasteiger partial charge in [0.25, 0.3) is 10.1 Å². The lowest BCUT2D eigenvalue weighted by Crippen LogP contribution is -2.44. The van der Waals surface area contributed by atoms with Gasteiger partial charge in [0.15, 0.2) is 0 Å². The Labute approximate surface area is 121 Å². The molecule has 0 aromatic carbocycles. The van der Waals surface area contributed by atoms with Crippen molar-refractivity contribution in [3.05, 3.63) is 0 Å². The normalized spacial score (nSPS) is 27.9. The van der Waals surface area contributed by atoms with Crippen molar-refractivity contribution in [1.82, 2.24) is 5.32 Å². The van der Waals surface area contributed by atoms with Gasteiger partial charge in [-0.25, -0.2) is 4.79 Å². The number of rotatable bonds is 3. The molecule has 1 unspecified atom stereocenters. The molecule has 1 aliphatic rings. The van der Waals surface area contributed by atoms with Crippen LogP contribution in [0.4, 0.5) is 4.79 Å². The van der Waals surface area contributed by atoms with Crippen LogP contribution in [0, 0.1) is 5.92 Å². The van der Waals surface area contributed by atoms with E-state index in [2.05, 4.69) is 5.32 Å². The lowest BCUT2D eigenvalue weighted by Gasteiger charge is -2.33. The lowest BCUT2D eigenvalue weighted by atomic mass is 9.85. The molecule has 0 heterocycles. The summed E-state index contributed by atoms with van der Waals surface area (Å²) in [6.45, 7) is 7.36. The Hall–Kier alpha value is -0.820. The second-order valence-electron chi connectivity index (χ2n) is 6.47. The van der Waals surface area contributed by atoms with E-state index in [9.17, 15) is 13.2 Å². The largest absolute Gasteiger partial charge is 0.444 e. The van der Waals surface area contributed by atoms with Crippen LogP contribution in [0.5, 0.6) is 0 Å². The van der Waals surface area contributed by atoms with Crippen LogP contribution in [0.2, 0.25) is 0 Å². The van der Waals surface area contributed by atoms with Gasteiger partial charge in [-0.05, 0) is 46.0 Å². The Morgan fingerprint density at radius 3 is 2.30 bits per heavy atom. The maximum Gasteiger partial charge on any atom is 0.407 e. The van der Waals surface area contributed by atoms with Gasteiger partial charge in [0, 0.05) is 6.04 Å². The van der Waals surface area contributed by atoms with Crippen LogP contribution in [0.15, 0.2) is 0 Å². The number of alkyl carbamates (subject to hydrolysis) is 1. The zero-order valence-electron chi connectivity index (χ0n) is 12.8. The third kappa shape index (κ3) is 6.56. The lowest BCUT2D eigenvalue weighted by molar-refractivity contribution is 0.0431. The third-order valence-electron chi connectivity index (χ3n) is 3.11. The van der Waals surface area contributed by atoms with Crippen molar-refractivity contribution in [3.63, 3.8) is 0 Å². The molecule has 0 aromatic rings. The molecular formula is C13H25NO5S. The summed E-state index contributed by atoms with van der Waals surface area (Å²) in [7, 11) is -3.43. The average molecular weight is 307 g/mol. The van der Waals surface area contributed by atoms with E-state index in [4.69, 9.17) is 8.92 Å². The molecule has 1 aliphatic carbocycles. The van der Waals surface area contributed by atoms with Crippen LogP contribution in [-0.2, 0) is 19.0 Å². The van der Waals surface area contributed by atoms with Gasteiger partial charge in [0.1, 0.15) is 5.60 Å². The summed E-state index contributed by atoms with van der Waals surface area (Å²) in [5, 5.41) is 2.82. The van der Waals surface area contributed by atoms with E-state index >= 15 is 0 Å². The molecule has 118 valence electrons. The first kappa shape index (κ1) is 17.2. The molecule has 0 spiro atoms. The number of hydrogen-bond acceptors (Lipinski definition) is 5. The summed E-state index contributed by atoms with van der Waals surface area (Å²) < 4.78 is 32.6. The van der Waals surface area contributed by atoms with E-state index < -0.39 is 21.8 Å². The van der Waals surface area contributed by atoms with Crippen LogP contribution in [0.25, 0.3) is 0 Å². The smallest absolute Gasteiger partial charge is 0.407 e. The summed E-state index contributed by atoms with van der Waals surface area (Å²) in [6, 6.07) is -0.000685. The van der Waals surface area contributed by atoms with Crippen molar-refractivity contribution in [2.75, 3.05) is 6.26 Å². The predicted molar refractivity (Wildman–Crippen MR) is 75.9 cm³/mol. The molecular weight excluding hydrogens is 282 g/mol. The fourth-order valence-electron chi connectivity index (χ4n) is 2.34. The molecule has 1 N–H and O–H groups in total.